The Morgan fingerprint density at radius 1 is 1.15 bits per heavy atom. The number of phenolic OH excluding ortho intramolecular Hbond substituents is 1. The van der Waals surface area contributed by atoms with E-state index in [9.17, 15) is 34.8 Å². The van der Waals surface area contributed by atoms with E-state index in [1.807, 2.05) is 6.07 Å². The molecule has 0 spiro atoms. The van der Waals surface area contributed by atoms with Crippen LogP contribution in [0.3, 0.4) is 0 Å². The first kappa shape index (κ1) is 30.6. The Morgan fingerprint density at radius 3 is 2.37 bits per heavy atom. The smallest absolute Gasteiger partial charge is 0.255 e. The van der Waals surface area contributed by atoms with E-state index in [2.05, 4.69) is 33.0 Å². The maximum Gasteiger partial charge on any atom is 0.255 e. The number of aliphatic hydroxyl groups excluding tert-OH is 2. The van der Waals surface area contributed by atoms with Gasteiger partial charge in [0, 0.05) is 29.3 Å². The van der Waals surface area contributed by atoms with Crippen LogP contribution in [0.25, 0.3) is 5.76 Å². The lowest BCUT2D eigenvalue weighted by Crippen LogP contribution is -2.65. The second-order valence-electron chi connectivity index (χ2n) is 12.8. The molecule has 3 aliphatic carbocycles. The minimum atomic E-state index is -2.64. The van der Waals surface area contributed by atoms with Crippen molar-refractivity contribution in [2.45, 2.75) is 71.4 Å². The Labute approximate surface area is 240 Å². The van der Waals surface area contributed by atoms with Crippen LogP contribution >= 0.6 is 0 Å². The fourth-order valence-electron chi connectivity index (χ4n) is 6.75. The van der Waals surface area contributed by atoms with Gasteiger partial charge >= 0.3 is 0 Å². The van der Waals surface area contributed by atoms with E-state index in [0.717, 1.165) is 18.5 Å². The number of nitrogens with one attached hydrogen (secondary N) is 1. The second-order valence-corrected chi connectivity index (χ2v) is 12.8. The van der Waals surface area contributed by atoms with Crippen LogP contribution in [0.5, 0.6) is 5.75 Å². The molecule has 1 amide bonds. The monoisotopic (exact) mass is 569 g/mol. The molecular formula is C31H43N3O7. The molecule has 0 saturated heterocycles. The molecule has 0 heterocycles. The number of amides is 1. The van der Waals surface area contributed by atoms with Gasteiger partial charge in [0.15, 0.2) is 11.4 Å². The summed E-state index contributed by atoms with van der Waals surface area (Å²) in [6.45, 7) is 9.10. The van der Waals surface area contributed by atoms with E-state index >= 15 is 0 Å². The van der Waals surface area contributed by atoms with Crippen LogP contribution in [0.2, 0.25) is 0 Å². The van der Waals surface area contributed by atoms with E-state index < -0.39 is 58.0 Å². The second kappa shape index (κ2) is 11.1. The number of Topliss-reactive ketones (excluding diaryl/α,β-unsaturated/α-hetero) is 2. The summed E-state index contributed by atoms with van der Waals surface area (Å²) in [6.07, 6.45) is 2.65. The van der Waals surface area contributed by atoms with Crippen LogP contribution in [-0.2, 0) is 27.2 Å². The number of hydrogen-bond donors (Lipinski definition) is 6. The highest BCUT2D eigenvalue weighted by Gasteiger charge is 2.64. The molecule has 0 unspecified atom stereocenters. The Kier molecular flexibility index (Phi) is 8.30. The number of likely N-dealkylation sites (N-methyl/N-ethyl adjacent to an activating group) is 1. The van der Waals surface area contributed by atoms with Crippen molar-refractivity contribution in [2.24, 2.45) is 29.4 Å². The third-order valence-corrected chi connectivity index (χ3v) is 8.73. The molecule has 0 aromatic heterocycles. The van der Waals surface area contributed by atoms with Crippen molar-refractivity contribution in [2.75, 3.05) is 26.0 Å². The van der Waals surface area contributed by atoms with Gasteiger partial charge in [-0.05, 0) is 69.2 Å². The first-order chi connectivity index (χ1) is 19.1. The summed E-state index contributed by atoms with van der Waals surface area (Å²) in [7, 11) is 3.16. The molecule has 1 fully saturated rings. The highest BCUT2D eigenvalue weighted by atomic mass is 16.3. The number of phenols is 1. The lowest BCUT2D eigenvalue weighted by atomic mass is 9.57. The number of nitrogens with two attached hydrogens (primary N) is 1. The number of carbonyl (C=O) groups is 3. The van der Waals surface area contributed by atoms with Crippen molar-refractivity contribution in [3.63, 3.8) is 0 Å². The third kappa shape index (κ3) is 5.01. The molecule has 10 heteroatoms. The number of benzene rings is 1. The summed E-state index contributed by atoms with van der Waals surface area (Å²) < 4.78 is 0. The standard InChI is InChI=1S/C31H43N3O7/c1-14(2)8-7-9-18-20(33-13-15(3)4)12-17-10-16-11-19-24(34(5)6)27(37)23(30(32)40)29(39)31(19,41)28(38)22(16)26(36)21(17)25(18)35/h12,14-16,19,24,33,35-36,39,41H,7-11,13H2,1-6H3,(H2,32,40)/t16-,19-,24-,31-/m0/s1. The molecule has 0 bridgehead atoms. The van der Waals surface area contributed by atoms with Gasteiger partial charge in [-0.25, -0.2) is 0 Å². The third-order valence-electron chi connectivity index (χ3n) is 8.73. The Balaban J connectivity index is 1.89. The van der Waals surface area contributed by atoms with Gasteiger partial charge in [-0.1, -0.05) is 34.1 Å². The molecule has 4 rings (SSSR count). The van der Waals surface area contributed by atoms with E-state index in [-0.39, 0.29) is 29.7 Å². The summed E-state index contributed by atoms with van der Waals surface area (Å²) in [5, 5.41) is 49.3. The largest absolute Gasteiger partial charge is 0.508 e. The number of nitrogens with zero attached hydrogens (tertiary/aromatic N) is 1. The van der Waals surface area contributed by atoms with Crippen LogP contribution in [0.4, 0.5) is 5.69 Å². The zero-order chi connectivity index (χ0) is 30.5. The zero-order valence-corrected chi connectivity index (χ0v) is 24.7. The first-order valence-electron chi connectivity index (χ1n) is 14.4. The van der Waals surface area contributed by atoms with Crippen LogP contribution in [0.1, 0.15) is 63.6 Å². The molecule has 0 aliphatic heterocycles. The maximum atomic E-state index is 14.0. The van der Waals surface area contributed by atoms with Crippen LogP contribution in [-0.4, -0.2) is 75.1 Å². The van der Waals surface area contributed by atoms with Crippen molar-refractivity contribution in [3.8, 4) is 5.75 Å². The molecule has 0 radical (unpaired) electrons. The van der Waals surface area contributed by atoms with Gasteiger partial charge in [0.2, 0.25) is 5.78 Å². The Morgan fingerprint density at radius 2 is 1.80 bits per heavy atom. The first-order valence-corrected chi connectivity index (χ1v) is 14.4. The predicted octanol–water partition coefficient (Wildman–Crippen LogP) is 3.01. The molecule has 1 saturated carbocycles. The topological polar surface area (TPSA) is 173 Å². The van der Waals surface area contributed by atoms with Crippen molar-refractivity contribution < 1.29 is 34.8 Å². The number of fused-ring (bicyclic) bond motifs is 3. The molecular weight excluding hydrogens is 526 g/mol. The molecule has 10 nitrogen and oxygen atoms in total. The molecule has 4 atom stereocenters. The minimum absolute atomic E-state index is 0.0669. The lowest BCUT2D eigenvalue weighted by Gasteiger charge is -2.50. The van der Waals surface area contributed by atoms with Gasteiger partial charge in [0.05, 0.1) is 11.6 Å². The zero-order valence-electron chi connectivity index (χ0n) is 24.7. The van der Waals surface area contributed by atoms with Crippen LogP contribution < -0.4 is 11.1 Å². The molecule has 1 aromatic rings. The summed E-state index contributed by atoms with van der Waals surface area (Å²) in [5.41, 5.74) is 4.00. The number of primary amides is 1. The number of carbonyl (C=O) groups excluding carboxylic acids is 3. The SMILES string of the molecule is CC(C)CCCc1c(NCC(C)C)cc2c(c1O)C(O)=C1C(=O)[C@]3(O)C(O)=C(C(N)=O)C(=O)[C@@H](N(C)C)[C@@H]3C[C@@H]1C2. The number of anilines is 1. The van der Waals surface area contributed by atoms with Crippen molar-refractivity contribution in [3.05, 3.63) is 39.7 Å². The fraction of sp³-hybridized carbons (Fsp3) is 0.581. The number of rotatable bonds is 9. The molecule has 224 valence electrons. The van der Waals surface area contributed by atoms with Gasteiger partial charge in [0.1, 0.15) is 22.8 Å². The number of ketones is 2. The summed E-state index contributed by atoms with van der Waals surface area (Å²) in [5.74, 6) is -5.54. The molecule has 41 heavy (non-hydrogen) atoms. The van der Waals surface area contributed by atoms with Crippen molar-refractivity contribution in [1.29, 1.82) is 0 Å². The number of aromatic hydroxyl groups is 1. The van der Waals surface area contributed by atoms with E-state index in [1.54, 1.807) is 14.1 Å². The van der Waals surface area contributed by atoms with Gasteiger partial charge in [0.25, 0.3) is 5.91 Å². The minimum Gasteiger partial charge on any atom is -0.508 e. The molecule has 1 aromatic carbocycles. The van der Waals surface area contributed by atoms with Gasteiger partial charge in [-0.3, -0.25) is 19.3 Å². The van der Waals surface area contributed by atoms with E-state index in [4.69, 9.17) is 5.73 Å². The van der Waals surface area contributed by atoms with E-state index in [0.29, 0.717) is 35.9 Å². The predicted molar refractivity (Wildman–Crippen MR) is 155 cm³/mol. The lowest BCUT2D eigenvalue weighted by molar-refractivity contribution is -0.153. The highest BCUT2D eigenvalue weighted by molar-refractivity contribution is 6.24. The normalized spacial score (nSPS) is 26.0. The Bertz CT molecular complexity index is 1340. The molecule has 7 N–H and O–H groups in total. The van der Waals surface area contributed by atoms with Crippen LogP contribution in [0, 0.1) is 23.7 Å². The van der Waals surface area contributed by atoms with Crippen molar-refractivity contribution in [1.82, 2.24) is 4.90 Å². The summed E-state index contributed by atoms with van der Waals surface area (Å²) in [4.78, 5) is 40.9. The number of hydrogen-bond acceptors (Lipinski definition) is 9. The van der Waals surface area contributed by atoms with Gasteiger partial charge < -0.3 is 31.5 Å². The van der Waals surface area contributed by atoms with Crippen molar-refractivity contribution >= 4 is 28.9 Å². The van der Waals surface area contributed by atoms with Gasteiger partial charge in [-0.15, -0.1) is 0 Å². The average Bonchev–Trinajstić information content (AvgIpc) is 2.85. The molecule has 3 aliphatic rings. The summed E-state index contributed by atoms with van der Waals surface area (Å²) >= 11 is 0. The quantitative estimate of drug-likeness (QED) is 0.244. The van der Waals surface area contributed by atoms with E-state index in [1.165, 1.54) is 4.90 Å². The average molecular weight is 570 g/mol. The van der Waals surface area contributed by atoms with Crippen LogP contribution in [0.15, 0.2) is 23.0 Å². The van der Waals surface area contributed by atoms with Gasteiger partial charge in [-0.2, -0.15) is 0 Å². The highest BCUT2D eigenvalue weighted by Crippen LogP contribution is 2.53. The fourth-order valence-corrected chi connectivity index (χ4v) is 6.75. The number of aliphatic hydroxyl groups is 3. The Hall–Kier alpha value is -3.37. The maximum absolute atomic E-state index is 14.0. The summed E-state index contributed by atoms with van der Waals surface area (Å²) in [6, 6.07) is 0.811.